The molecule has 1 aliphatic heterocycles. The summed E-state index contributed by atoms with van der Waals surface area (Å²) in [6, 6.07) is 14.0. The lowest BCUT2D eigenvalue weighted by molar-refractivity contribution is 0.0883. The minimum absolute atomic E-state index is 0.102. The first kappa shape index (κ1) is 22.9. The summed E-state index contributed by atoms with van der Waals surface area (Å²) in [7, 11) is 9.34. The molecule has 1 amide bonds. The lowest BCUT2D eigenvalue weighted by Crippen LogP contribution is -2.48. The summed E-state index contributed by atoms with van der Waals surface area (Å²) in [6.07, 6.45) is 0. The smallest absolute Gasteiger partial charge is 0.255 e. The number of rotatable bonds is 8. The lowest BCUT2D eigenvalue weighted by Gasteiger charge is -2.38. The molecule has 0 radical (unpaired) electrons. The van der Waals surface area contributed by atoms with Gasteiger partial charge in [-0.15, -0.1) is 0 Å². The summed E-state index contributed by atoms with van der Waals surface area (Å²) in [5, 5.41) is 3.13. The molecule has 2 aromatic rings. The number of anilines is 1. The Bertz CT molecular complexity index is 862. The van der Waals surface area contributed by atoms with Crippen molar-refractivity contribution in [3.63, 3.8) is 0 Å². The van der Waals surface area contributed by atoms with Crippen molar-refractivity contribution < 1.29 is 14.3 Å². The molecule has 1 N–H and O–H groups in total. The SMILES string of the molecule is COc1cccc(C(=O)NCC(c2ccc(N(C)C)cc2)N2CCN(C)CC2)c1OC. The molecular formula is C24H34N4O3. The quantitative estimate of drug-likeness (QED) is 0.700. The molecule has 7 heteroatoms. The first-order valence-electron chi connectivity index (χ1n) is 10.6. The van der Waals surface area contributed by atoms with Gasteiger partial charge in [0, 0.05) is 52.5 Å². The van der Waals surface area contributed by atoms with Gasteiger partial charge in [0.1, 0.15) is 0 Å². The van der Waals surface area contributed by atoms with Crippen molar-refractivity contribution in [2.75, 3.05) is 73.0 Å². The van der Waals surface area contributed by atoms with Crippen molar-refractivity contribution in [1.29, 1.82) is 0 Å². The van der Waals surface area contributed by atoms with E-state index in [9.17, 15) is 4.79 Å². The topological polar surface area (TPSA) is 57.3 Å². The largest absolute Gasteiger partial charge is 0.493 e. The Kier molecular flexibility index (Phi) is 7.76. The Labute approximate surface area is 185 Å². The van der Waals surface area contributed by atoms with E-state index >= 15 is 0 Å². The number of hydrogen-bond acceptors (Lipinski definition) is 6. The average molecular weight is 427 g/mol. The highest BCUT2D eigenvalue weighted by Crippen LogP contribution is 2.31. The van der Waals surface area contributed by atoms with Gasteiger partial charge in [-0.25, -0.2) is 0 Å². The Morgan fingerprint density at radius 1 is 1.03 bits per heavy atom. The van der Waals surface area contributed by atoms with Gasteiger partial charge in [0.15, 0.2) is 11.5 Å². The van der Waals surface area contributed by atoms with E-state index in [4.69, 9.17) is 9.47 Å². The minimum Gasteiger partial charge on any atom is -0.493 e. The molecular weight excluding hydrogens is 392 g/mol. The molecule has 168 valence electrons. The molecule has 1 heterocycles. The van der Waals surface area contributed by atoms with Crippen molar-refractivity contribution in [2.24, 2.45) is 0 Å². The van der Waals surface area contributed by atoms with Crippen molar-refractivity contribution in [3.8, 4) is 11.5 Å². The van der Waals surface area contributed by atoms with Gasteiger partial charge in [0.2, 0.25) is 0 Å². The van der Waals surface area contributed by atoms with Gasteiger partial charge in [0.05, 0.1) is 25.8 Å². The zero-order valence-electron chi connectivity index (χ0n) is 19.2. The van der Waals surface area contributed by atoms with E-state index in [1.165, 1.54) is 5.56 Å². The van der Waals surface area contributed by atoms with Crippen LogP contribution in [0.3, 0.4) is 0 Å². The third-order valence-corrected chi connectivity index (χ3v) is 5.88. The van der Waals surface area contributed by atoms with Crippen LogP contribution in [0, 0.1) is 0 Å². The lowest BCUT2D eigenvalue weighted by atomic mass is 10.0. The summed E-state index contributed by atoms with van der Waals surface area (Å²) >= 11 is 0. The number of carbonyl (C=O) groups is 1. The van der Waals surface area contributed by atoms with Gasteiger partial charge in [-0.05, 0) is 36.9 Å². The number of ether oxygens (including phenoxy) is 2. The molecule has 2 aromatic carbocycles. The van der Waals surface area contributed by atoms with E-state index in [1.807, 2.05) is 14.1 Å². The van der Waals surface area contributed by atoms with Crippen LogP contribution in [-0.4, -0.2) is 83.8 Å². The third kappa shape index (κ3) is 5.48. The van der Waals surface area contributed by atoms with Crippen molar-refractivity contribution in [2.45, 2.75) is 6.04 Å². The van der Waals surface area contributed by atoms with Crippen LogP contribution in [0.4, 0.5) is 5.69 Å². The second-order valence-corrected chi connectivity index (χ2v) is 8.09. The van der Waals surface area contributed by atoms with Crippen molar-refractivity contribution in [1.82, 2.24) is 15.1 Å². The number of piperazine rings is 1. The predicted molar refractivity (Wildman–Crippen MR) is 124 cm³/mol. The maximum atomic E-state index is 13.0. The Morgan fingerprint density at radius 3 is 2.29 bits per heavy atom. The van der Waals surface area contributed by atoms with Gasteiger partial charge in [-0.1, -0.05) is 18.2 Å². The highest BCUT2D eigenvalue weighted by molar-refractivity contribution is 5.97. The molecule has 0 aromatic heterocycles. The normalized spacial score (nSPS) is 15.9. The zero-order valence-corrected chi connectivity index (χ0v) is 19.2. The summed E-state index contributed by atoms with van der Waals surface area (Å²) in [6.45, 7) is 4.49. The molecule has 0 saturated carbocycles. The fourth-order valence-electron chi connectivity index (χ4n) is 3.94. The van der Waals surface area contributed by atoms with Gasteiger partial charge < -0.3 is 24.6 Å². The molecule has 1 atom stereocenters. The van der Waals surface area contributed by atoms with Gasteiger partial charge >= 0.3 is 0 Å². The van der Waals surface area contributed by atoms with Crippen LogP contribution >= 0.6 is 0 Å². The fraction of sp³-hybridized carbons (Fsp3) is 0.458. The standard InChI is InChI=1S/C24H34N4O3/c1-26(2)19-11-9-18(10-12-19)21(28-15-13-27(3)14-16-28)17-25-24(29)20-7-6-8-22(30-4)23(20)31-5/h6-12,21H,13-17H2,1-5H3,(H,25,29). The van der Waals surface area contributed by atoms with E-state index in [0.29, 0.717) is 23.6 Å². The number of likely N-dealkylation sites (N-methyl/N-ethyl adjacent to an activating group) is 1. The predicted octanol–water partition coefficient (Wildman–Crippen LogP) is 2.49. The summed E-state index contributed by atoms with van der Waals surface area (Å²) in [4.78, 5) is 19.9. The molecule has 31 heavy (non-hydrogen) atoms. The van der Waals surface area contributed by atoms with Gasteiger partial charge in [-0.3, -0.25) is 9.69 Å². The molecule has 1 aliphatic rings. The van der Waals surface area contributed by atoms with Crippen LogP contribution in [0.1, 0.15) is 22.0 Å². The van der Waals surface area contributed by atoms with E-state index < -0.39 is 0 Å². The molecule has 3 rings (SSSR count). The van der Waals surface area contributed by atoms with Crippen molar-refractivity contribution in [3.05, 3.63) is 53.6 Å². The molecule has 1 unspecified atom stereocenters. The number of nitrogens with one attached hydrogen (secondary N) is 1. The van der Waals surface area contributed by atoms with Crippen LogP contribution in [-0.2, 0) is 0 Å². The average Bonchev–Trinajstić information content (AvgIpc) is 2.79. The monoisotopic (exact) mass is 426 g/mol. The van der Waals surface area contributed by atoms with Crippen LogP contribution in [0.5, 0.6) is 11.5 Å². The fourth-order valence-corrected chi connectivity index (χ4v) is 3.94. The molecule has 0 spiro atoms. The van der Waals surface area contributed by atoms with Crippen LogP contribution in [0.15, 0.2) is 42.5 Å². The second-order valence-electron chi connectivity index (χ2n) is 8.09. The number of para-hydroxylation sites is 1. The van der Waals surface area contributed by atoms with Gasteiger partial charge in [0.25, 0.3) is 5.91 Å². The Morgan fingerprint density at radius 2 is 1.71 bits per heavy atom. The van der Waals surface area contributed by atoms with E-state index in [-0.39, 0.29) is 11.9 Å². The highest BCUT2D eigenvalue weighted by Gasteiger charge is 2.25. The van der Waals surface area contributed by atoms with E-state index in [1.54, 1.807) is 32.4 Å². The number of hydrogen-bond donors (Lipinski definition) is 1. The number of carbonyl (C=O) groups excluding carboxylic acids is 1. The number of benzene rings is 2. The van der Waals surface area contributed by atoms with E-state index in [0.717, 1.165) is 31.9 Å². The molecule has 0 bridgehead atoms. The molecule has 7 nitrogen and oxygen atoms in total. The Balaban J connectivity index is 1.79. The highest BCUT2D eigenvalue weighted by atomic mass is 16.5. The Hall–Kier alpha value is -2.77. The molecule has 1 saturated heterocycles. The minimum atomic E-state index is -0.167. The summed E-state index contributed by atoms with van der Waals surface area (Å²) < 4.78 is 10.8. The van der Waals surface area contributed by atoms with Crippen LogP contribution < -0.4 is 19.7 Å². The first-order valence-corrected chi connectivity index (χ1v) is 10.6. The van der Waals surface area contributed by atoms with Gasteiger partial charge in [-0.2, -0.15) is 0 Å². The molecule has 1 fully saturated rings. The number of methoxy groups -OCH3 is 2. The maximum absolute atomic E-state index is 13.0. The number of nitrogens with zero attached hydrogens (tertiary/aromatic N) is 3. The second kappa shape index (κ2) is 10.5. The first-order chi connectivity index (χ1) is 14.9. The van der Waals surface area contributed by atoms with Crippen molar-refractivity contribution >= 4 is 11.6 Å². The van der Waals surface area contributed by atoms with E-state index in [2.05, 4.69) is 51.3 Å². The maximum Gasteiger partial charge on any atom is 0.255 e. The number of amides is 1. The molecule has 0 aliphatic carbocycles. The summed E-state index contributed by atoms with van der Waals surface area (Å²) in [5.41, 5.74) is 2.83. The van der Waals surface area contributed by atoms with Crippen LogP contribution in [0.2, 0.25) is 0 Å². The van der Waals surface area contributed by atoms with Crippen LogP contribution in [0.25, 0.3) is 0 Å². The zero-order chi connectivity index (χ0) is 22.4. The summed E-state index contributed by atoms with van der Waals surface area (Å²) in [5.74, 6) is 0.832. The third-order valence-electron chi connectivity index (χ3n) is 5.88.